The molecule has 0 radical (unpaired) electrons. The third kappa shape index (κ3) is 2.79. The molecule has 1 aromatic carbocycles. The number of nitrogens with one attached hydrogen (secondary N) is 1. The van der Waals surface area contributed by atoms with Gasteiger partial charge in [-0.1, -0.05) is 6.07 Å². The van der Waals surface area contributed by atoms with Gasteiger partial charge in [0.05, 0.1) is 0 Å². The zero-order valence-corrected chi connectivity index (χ0v) is 13.2. The number of aromatic amines is 1. The van der Waals surface area contributed by atoms with E-state index >= 15 is 0 Å². The van der Waals surface area contributed by atoms with Gasteiger partial charge in [0.25, 0.3) is 5.91 Å². The Morgan fingerprint density at radius 3 is 2.52 bits per heavy atom. The van der Waals surface area contributed by atoms with Gasteiger partial charge in [-0.05, 0) is 18.2 Å². The summed E-state index contributed by atoms with van der Waals surface area (Å²) in [6.45, 7) is 1.49. The molecule has 6 nitrogen and oxygen atoms in total. The highest BCUT2D eigenvalue weighted by Gasteiger charge is 2.26. The van der Waals surface area contributed by atoms with Crippen LogP contribution < -0.4 is 4.90 Å². The lowest BCUT2D eigenvalue weighted by Gasteiger charge is -2.36. The van der Waals surface area contributed by atoms with Crippen molar-refractivity contribution < 1.29 is 13.6 Å². The van der Waals surface area contributed by atoms with Crippen molar-refractivity contribution >= 4 is 22.6 Å². The molecule has 8 heteroatoms. The van der Waals surface area contributed by atoms with Crippen molar-refractivity contribution in [3.63, 3.8) is 0 Å². The van der Waals surface area contributed by atoms with Crippen molar-refractivity contribution in [2.24, 2.45) is 0 Å². The lowest BCUT2D eigenvalue weighted by molar-refractivity contribution is 0.0741. The topological polar surface area (TPSA) is 65.1 Å². The van der Waals surface area contributed by atoms with Crippen LogP contribution in [0, 0.1) is 11.6 Å². The van der Waals surface area contributed by atoms with Crippen molar-refractivity contribution in [2.45, 2.75) is 0 Å². The fourth-order valence-corrected chi connectivity index (χ4v) is 3.08. The van der Waals surface area contributed by atoms with Crippen LogP contribution in [0.3, 0.4) is 0 Å². The first-order valence-electron chi connectivity index (χ1n) is 7.90. The monoisotopic (exact) mass is 343 g/mol. The minimum atomic E-state index is -0.589. The largest absolute Gasteiger partial charge is 0.363 e. The number of hydrogen-bond donors (Lipinski definition) is 1. The molecule has 0 unspecified atom stereocenters. The molecule has 1 saturated heterocycles. The average Bonchev–Trinajstić information content (AvgIpc) is 3.06. The van der Waals surface area contributed by atoms with Crippen LogP contribution in [0.5, 0.6) is 0 Å². The normalized spacial score (nSPS) is 15.0. The van der Waals surface area contributed by atoms with Gasteiger partial charge in [0.1, 0.15) is 35.0 Å². The molecule has 2 aromatic heterocycles. The van der Waals surface area contributed by atoms with Gasteiger partial charge < -0.3 is 14.8 Å². The summed E-state index contributed by atoms with van der Waals surface area (Å²) in [5.41, 5.74) is 1.00. The Morgan fingerprint density at radius 2 is 1.84 bits per heavy atom. The van der Waals surface area contributed by atoms with E-state index < -0.39 is 11.6 Å². The van der Waals surface area contributed by atoms with Crippen LogP contribution in [0.15, 0.2) is 36.8 Å². The minimum absolute atomic E-state index is 0.0320. The average molecular weight is 343 g/mol. The van der Waals surface area contributed by atoms with Crippen molar-refractivity contribution in [1.82, 2.24) is 19.9 Å². The van der Waals surface area contributed by atoms with E-state index in [4.69, 9.17) is 0 Å². The first kappa shape index (κ1) is 15.5. The van der Waals surface area contributed by atoms with E-state index in [9.17, 15) is 13.6 Å². The summed E-state index contributed by atoms with van der Waals surface area (Å²) in [4.78, 5) is 26.9. The van der Waals surface area contributed by atoms with Gasteiger partial charge in [-0.25, -0.2) is 18.7 Å². The van der Waals surface area contributed by atoms with E-state index in [2.05, 4.69) is 15.0 Å². The van der Waals surface area contributed by atoms with Crippen LogP contribution >= 0.6 is 0 Å². The van der Waals surface area contributed by atoms with E-state index in [1.807, 2.05) is 0 Å². The number of amides is 1. The summed E-state index contributed by atoms with van der Waals surface area (Å²) in [5, 5.41) is 0.762. The Morgan fingerprint density at radius 1 is 1.12 bits per heavy atom. The zero-order chi connectivity index (χ0) is 17.4. The molecular weight excluding hydrogens is 328 g/mol. The maximum Gasteiger partial charge on any atom is 0.270 e. The summed E-state index contributed by atoms with van der Waals surface area (Å²) < 4.78 is 27.8. The van der Waals surface area contributed by atoms with E-state index in [0.29, 0.717) is 37.5 Å². The summed E-state index contributed by atoms with van der Waals surface area (Å²) in [7, 11) is 0. The predicted molar refractivity (Wildman–Crippen MR) is 88.4 cm³/mol. The standard InChI is InChI=1S/C17H15F2N5O/c18-12-2-1-3-13(19)15(12)23-4-6-24(7-5-23)17(25)14-8-11-9-20-10-21-16(11)22-14/h1-3,8-10H,4-7H2,(H,20,21,22). The number of aromatic nitrogens is 3. The molecule has 0 bridgehead atoms. The van der Waals surface area contributed by atoms with Gasteiger partial charge >= 0.3 is 0 Å². The minimum Gasteiger partial charge on any atom is -0.363 e. The second-order valence-electron chi connectivity index (χ2n) is 5.86. The molecule has 1 fully saturated rings. The summed E-state index contributed by atoms with van der Waals surface area (Å²) in [6.07, 6.45) is 3.04. The number of halogens is 2. The van der Waals surface area contributed by atoms with Crippen LogP contribution in [0.25, 0.3) is 11.0 Å². The number of carbonyl (C=O) groups is 1. The van der Waals surface area contributed by atoms with Gasteiger partial charge in [-0.3, -0.25) is 4.79 Å². The quantitative estimate of drug-likeness (QED) is 0.775. The fraction of sp³-hybridized carbons (Fsp3) is 0.235. The molecule has 1 N–H and O–H groups in total. The second kappa shape index (κ2) is 6.12. The molecule has 128 valence electrons. The van der Waals surface area contributed by atoms with Gasteiger partial charge in [-0.2, -0.15) is 0 Å². The number of hydrogen-bond acceptors (Lipinski definition) is 4. The molecular formula is C17H15F2N5O. The molecule has 0 aliphatic carbocycles. The van der Waals surface area contributed by atoms with Crippen LogP contribution in [-0.2, 0) is 0 Å². The van der Waals surface area contributed by atoms with Gasteiger partial charge in [0.15, 0.2) is 0 Å². The highest BCUT2D eigenvalue weighted by Crippen LogP contribution is 2.24. The molecule has 3 aromatic rings. The Bertz CT molecular complexity index is 880. The maximum atomic E-state index is 13.9. The van der Waals surface area contributed by atoms with Gasteiger partial charge in [0.2, 0.25) is 0 Å². The molecule has 0 spiro atoms. The Labute approximate surface area is 142 Å². The first-order chi connectivity index (χ1) is 12.1. The van der Waals surface area contributed by atoms with Crippen molar-refractivity contribution in [2.75, 3.05) is 31.1 Å². The molecule has 0 atom stereocenters. The summed E-state index contributed by atoms with van der Waals surface area (Å²) in [6, 6.07) is 5.52. The van der Waals surface area contributed by atoms with Crippen LogP contribution in [0.2, 0.25) is 0 Å². The lowest BCUT2D eigenvalue weighted by atomic mass is 10.2. The highest BCUT2D eigenvalue weighted by molar-refractivity contribution is 5.97. The van der Waals surface area contributed by atoms with E-state index in [1.54, 1.807) is 22.1 Å². The van der Waals surface area contributed by atoms with E-state index in [0.717, 1.165) is 5.39 Å². The number of benzene rings is 1. The molecule has 1 aliphatic heterocycles. The number of para-hydroxylation sites is 1. The molecule has 4 rings (SSSR count). The predicted octanol–water partition coefficient (Wildman–Crippen LogP) is 2.20. The lowest BCUT2D eigenvalue weighted by Crippen LogP contribution is -2.49. The number of anilines is 1. The number of fused-ring (bicyclic) bond motifs is 1. The Balaban J connectivity index is 1.49. The van der Waals surface area contributed by atoms with Gasteiger partial charge in [-0.15, -0.1) is 0 Å². The first-order valence-corrected chi connectivity index (χ1v) is 7.90. The number of H-pyrrole nitrogens is 1. The van der Waals surface area contributed by atoms with Gasteiger partial charge in [0, 0.05) is 37.8 Å². The Kier molecular flexibility index (Phi) is 3.79. The summed E-state index contributed by atoms with van der Waals surface area (Å²) in [5.74, 6) is -1.34. The van der Waals surface area contributed by atoms with Crippen LogP contribution in [-0.4, -0.2) is 51.9 Å². The highest BCUT2D eigenvalue weighted by atomic mass is 19.1. The van der Waals surface area contributed by atoms with Crippen LogP contribution in [0.1, 0.15) is 10.5 Å². The number of piperazine rings is 1. The molecule has 25 heavy (non-hydrogen) atoms. The molecule has 1 aliphatic rings. The maximum absolute atomic E-state index is 13.9. The molecule has 0 saturated carbocycles. The zero-order valence-electron chi connectivity index (χ0n) is 13.2. The fourth-order valence-electron chi connectivity index (χ4n) is 3.08. The molecule has 1 amide bonds. The van der Waals surface area contributed by atoms with Crippen molar-refractivity contribution in [1.29, 1.82) is 0 Å². The second-order valence-corrected chi connectivity index (χ2v) is 5.86. The van der Waals surface area contributed by atoms with E-state index in [1.165, 1.54) is 24.5 Å². The van der Waals surface area contributed by atoms with E-state index in [-0.39, 0.29) is 11.6 Å². The smallest absolute Gasteiger partial charge is 0.270 e. The third-order valence-electron chi connectivity index (χ3n) is 4.34. The van der Waals surface area contributed by atoms with Crippen molar-refractivity contribution in [3.05, 3.63) is 54.1 Å². The molecule has 3 heterocycles. The third-order valence-corrected chi connectivity index (χ3v) is 4.34. The van der Waals surface area contributed by atoms with Crippen LogP contribution in [0.4, 0.5) is 14.5 Å². The van der Waals surface area contributed by atoms with Crippen molar-refractivity contribution in [3.8, 4) is 0 Å². The number of rotatable bonds is 2. The SMILES string of the molecule is O=C(c1cc2cncnc2[nH]1)N1CCN(c2c(F)cccc2F)CC1. The number of nitrogens with zero attached hydrogens (tertiary/aromatic N) is 4. The summed E-state index contributed by atoms with van der Waals surface area (Å²) >= 11 is 0. The number of carbonyl (C=O) groups excluding carboxylic acids is 1. The Hall–Kier alpha value is -3.03.